The highest BCUT2D eigenvalue weighted by molar-refractivity contribution is 6.04. The fraction of sp³-hybridized carbons (Fsp3) is 0.421. The van der Waals surface area contributed by atoms with Crippen molar-refractivity contribution in [3.63, 3.8) is 0 Å². The van der Waals surface area contributed by atoms with Gasteiger partial charge < -0.3 is 20.1 Å². The minimum atomic E-state index is -0.313. The molecule has 26 heavy (non-hydrogen) atoms. The molecule has 1 atom stereocenters. The summed E-state index contributed by atoms with van der Waals surface area (Å²) in [7, 11) is 0. The van der Waals surface area contributed by atoms with Gasteiger partial charge in [0, 0.05) is 19.2 Å². The molecule has 7 heteroatoms. The van der Waals surface area contributed by atoms with Crippen LogP contribution >= 0.6 is 0 Å². The molecule has 0 bridgehead atoms. The van der Waals surface area contributed by atoms with Crippen molar-refractivity contribution < 1.29 is 14.3 Å². The zero-order chi connectivity index (χ0) is 18.4. The second-order valence-corrected chi connectivity index (χ2v) is 6.42. The zero-order valence-corrected chi connectivity index (χ0v) is 15.1. The highest BCUT2D eigenvalue weighted by Gasteiger charge is 2.16. The Bertz CT molecular complexity index is 745. The van der Waals surface area contributed by atoms with Gasteiger partial charge in [0.25, 0.3) is 5.91 Å². The molecule has 0 radical (unpaired) electrons. The van der Waals surface area contributed by atoms with Crippen molar-refractivity contribution in [3.8, 4) is 5.75 Å². The van der Waals surface area contributed by atoms with E-state index in [0.29, 0.717) is 23.8 Å². The van der Waals surface area contributed by atoms with Crippen LogP contribution in [0.1, 0.15) is 37.2 Å². The quantitative estimate of drug-likeness (QED) is 0.793. The summed E-state index contributed by atoms with van der Waals surface area (Å²) >= 11 is 0. The Morgan fingerprint density at radius 3 is 2.96 bits per heavy atom. The maximum absolute atomic E-state index is 12.6. The molecule has 2 N–H and O–H groups in total. The SMILES string of the molecule is CC(C)Oc1ccccc1NC(=O)c1cc(NCC2CCCO2)ncn1. The van der Waals surface area contributed by atoms with E-state index in [0.717, 1.165) is 19.4 Å². The average molecular weight is 356 g/mol. The van der Waals surface area contributed by atoms with Gasteiger partial charge in [0.05, 0.1) is 17.9 Å². The summed E-state index contributed by atoms with van der Waals surface area (Å²) in [5.41, 5.74) is 0.896. The number of carbonyl (C=O) groups is 1. The number of nitrogens with zero attached hydrogens (tertiary/aromatic N) is 2. The van der Waals surface area contributed by atoms with Crippen molar-refractivity contribution >= 4 is 17.4 Å². The predicted octanol–water partition coefficient (Wildman–Crippen LogP) is 3.11. The van der Waals surface area contributed by atoms with Gasteiger partial charge in [0.1, 0.15) is 23.6 Å². The molecule has 1 aromatic carbocycles. The average Bonchev–Trinajstić information content (AvgIpc) is 3.15. The lowest BCUT2D eigenvalue weighted by Gasteiger charge is -2.15. The van der Waals surface area contributed by atoms with Crippen LogP contribution < -0.4 is 15.4 Å². The van der Waals surface area contributed by atoms with E-state index in [-0.39, 0.29) is 23.8 Å². The van der Waals surface area contributed by atoms with Crippen LogP contribution in [0, 0.1) is 0 Å². The van der Waals surface area contributed by atoms with E-state index < -0.39 is 0 Å². The fourth-order valence-electron chi connectivity index (χ4n) is 2.71. The van der Waals surface area contributed by atoms with Gasteiger partial charge in [0.2, 0.25) is 0 Å². The van der Waals surface area contributed by atoms with Crippen molar-refractivity contribution in [2.24, 2.45) is 0 Å². The highest BCUT2D eigenvalue weighted by atomic mass is 16.5. The number of aromatic nitrogens is 2. The molecule has 1 aromatic heterocycles. The number of anilines is 2. The van der Waals surface area contributed by atoms with Crippen LogP contribution in [0.5, 0.6) is 5.75 Å². The van der Waals surface area contributed by atoms with E-state index in [9.17, 15) is 4.79 Å². The number of nitrogens with one attached hydrogen (secondary N) is 2. The lowest BCUT2D eigenvalue weighted by molar-refractivity contribution is 0.102. The van der Waals surface area contributed by atoms with Gasteiger partial charge in [-0.1, -0.05) is 12.1 Å². The van der Waals surface area contributed by atoms with E-state index in [1.165, 1.54) is 6.33 Å². The summed E-state index contributed by atoms with van der Waals surface area (Å²) in [6, 6.07) is 8.97. The number of hydrogen-bond acceptors (Lipinski definition) is 6. The van der Waals surface area contributed by atoms with E-state index >= 15 is 0 Å². The summed E-state index contributed by atoms with van der Waals surface area (Å²) in [6.07, 6.45) is 3.71. The molecule has 3 rings (SSSR count). The molecular formula is C19H24N4O3. The second kappa shape index (κ2) is 8.62. The third-order valence-corrected chi connectivity index (χ3v) is 3.93. The number of rotatable bonds is 7. The van der Waals surface area contributed by atoms with E-state index in [4.69, 9.17) is 9.47 Å². The number of carbonyl (C=O) groups excluding carboxylic acids is 1. The van der Waals surface area contributed by atoms with Crippen molar-refractivity contribution in [3.05, 3.63) is 42.4 Å². The van der Waals surface area contributed by atoms with Crippen LogP contribution in [0.3, 0.4) is 0 Å². The molecule has 1 unspecified atom stereocenters. The molecule has 1 saturated heterocycles. The Morgan fingerprint density at radius 1 is 1.35 bits per heavy atom. The van der Waals surface area contributed by atoms with Gasteiger partial charge in [0.15, 0.2) is 0 Å². The first-order valence-electron chi connectivity index (χ1n) is 8.86. The predicted molar refractivity (Wildman–Crippen MR) is 99.7 cm³/mol. The van der Waals surface area contributed by atoms with Crippen LogP contribution in [0.2, 0.25) is 0 Å². The number of ether oxygens (including phenoxy) is 2. The number of hydrogen-bond donors (Lipinski definition) is 2. The van der Waals surface area contributed by atoms with Gasteiger partial charge >= 0.3 is 0 Å². The van der Waals surface area contributed by atoms with E-state index in [2.05, 4.69) is 20.6 Å². The van der Waals surface area contributed by atoms with E-state index in [1.54, 1.807) is 12.1 Å². The number of amides is 1. The maximum Gasteiger partial charge on any atom is 0.274 e. The largest absolute Gasteiger partial charge is 0.489 e. The first-order chi connectivity index (χ1) is 12.6. The van der Waals surface area contributed by atoms with Gasteiger partial charge in [-0.05, 0) is 38.8 Å². The molecule has 7 nitrogen and oxygen atoms in total. The van der Waals surface area contributed by atoms with Crippen molar-refractivity contribution in [2.45, 2.75) is 38.9 Å². The molecule has 0 saturated carbocycles. The normalized spacial score (nSPS) is 16.5. The molecular weight excluding hydrogens is 332 g/mol. The summed E-state index contributed by atoms with van der Waals surface area (Å²) in [6.45, 7) is 5.36. The van der Waals surface area contributed by atoms with Crippen LogP contribution in [0.25, 0.3) is 0 Å². The molecule has 2 heterocycles. The Kier molecular flexibility index (Phi) is 6.01. The third-order valence-electron chi connectivity index (χ3n) is 3.93. The van der Waals surface area contributed by atoms with Gasteiger partial charge in [-0.25, -0.2) is 9.97 Å². The lowest BCUT2D eigenvalue weighted by Crippen LogP contribution is -2.20. The van der Waals surface area contributed by atoms with Crippen LogP contribution in [-0.4, -0.2) is 41.2 Å². The molecule has 1 fully saturated rings. The minimum absolute atomic E-state index is 0.0145. The lowest BCUT2D eigenvalue weighted by atomic mass is 10.2. The highest BCUT2D eigenvalue weighted by Crippen LogP contribution is 2.25. The molecule has 1 amide bonds. The van der Waals surface area contributed by atoms with E-state index in [1.807, 2.05) is 32.0 Å². The first kappa shape index (κ1) is 18.1. The van der Waals surface area contributed by atoms with Crippen molar-refractivity contribution in [2.75, 3.05) is 23.8 Å². The van der Waals surface area contributed by atoms with Crippen LogP contribution in [0.4, 0.5) is 11.5 Å². The smallest absolute Gasteiger partial charge is 0.274 e. The third kappa shape index (κ3) is 4.92. The Labute approximate surface area is 153 Å². The maximum atomic E-state index is 12.6. The van der Waals surface area contributed by atoms with Crippen molar-refractivity contribution in [1.29, 1.82) is 0 Å². The van der Waals surface area contributed by atoms with Gasteiger partial charge in [-0.3, -0.25) is 4.79 Å². The number of benzene rings is 1. The van der Waals surface area contributed by atoms with Gasteiger partial charge in [-0.2, -0.15) is 0 Å². The summed E-state index contributed by atoms with van der Waals surface area (Å²) in [5.74, 6) is 0.918. The zero-order valence-electron chi connectivity index (χ0n) is 15.1. The summed E-state index contributed by atoms with van der Waals surface area (Å²) in [5, 5.41) is 6.05. The van der Waals surface area contributed by atoms with Gasteiger partial charge in [-0.15, -0.1) is 0 Å². The molecule has 1 aliphatic heterocycles. The number of para-hydroxylation sites is 2. The van der Waals surface area contributed by atoms with Crippen LogP contribution in [-0.2, 0) is 4.74 Å². The standard InChI is InChI=1S/C19H24N4O3/c1-13(2)26-17-8-4-3-7-15(17)23-19(24)16-10-18(22-12-21-16)20-11-14-6-5-9-25-14/h3-4,7-8,10,12-14H,5-6,9,11H2,1-2H3,(H,23,24)(H,20,21,22). The summed E-state index contributed by atoms with van der Waals surface area (Å²) < 4.78 is 11.3. The fourth-order valence-corrected chi connectivity index (χ4v) is 2.71. The Hall–Kier alpha value is -2.67. The monoisotopic (exact) mass is 356 g/mol. The molecule has 2 aromatic rings. The molecule has 1 aliphatic rings. The topological polar surface area (TPSA) is 85.4 Å². The Balaban J connectivity index is 1.65. The molecule has 0 spiro atoms. The minimum Gasteiger partial charge on any atom is -0.489 e. The molecule has 138 valence electrons. The Morgan fingerprint density at radius 2 is 2.19 bits per heavy atom. The molecule has 0 aliphatic carbocycles. The van der Waals surface area contributed by atoms with Crippen LogP contribution in [0.15, 0.2) is 36.7 Å². The van der Waals surface area contributed by atoms with Crippen molar-refractivity contribution in [1.82, 2.24) is 9.97 Å². The summed E-state index contributed by atoms with van der Waals surface area (Å²) in [4.78, 5) is 20.8. The first-order valence-corrected chi connectivity index (χ1v) is 8.86. The second-order valence-electron chi connectivity index (χ2n) is 6.42.